The molecule has 0 unspecified atom stereocenters. The van der Waals surface area contributed by atoms with Gasteiger partial charge >= 0.3 is 0 Å². The molecule has 0 aromatic carbocycles. The van der Waals surface area contributed by atoms with Crippen LogP contribution in [0.4, 0.5) is 0 Å². The zero-order chi connectivity index (χ0) is 10.9. The largest absolute Gasteiger partial charge is 0.509 e. The lowest BCUT2D eigenvalue weighted by Gasteiger charge is -2.14. The van der Waals surface area contributed by atoms with Crippen molar-refractivity contribution in [2.75, 3.05) is 0 Å². The number of carbonyl (C=O) groups excluding carboxylic acids is 1. The minimum Gasteiger partial charge on any atom is -0.509 e. The van der Waals surface area contributed by atoms with Gasteiger partial charge in [-0.1, -0.05) is 20.3 Å². The van der Waals surface area contributed by atoms with Crippen LogP contribution < -0.4 is 11.5 Å². The second-order valence-electron chi connectivity index (χ2n) is 3.47. The summed E-state index contributed by atoms with van der Waals surface area (Å²) in [5.74, 6) is -0.635. The Morgan fingerprint density at radius 3 is 2.64 bits per heavy atom. The van der Waals surface area contributed by atoms with Crippen LogP contribution in [0.1, 0.15) is 20.3 Å². The van der Waals surface area contributed by atoms with Crippen molar-refractivity contribution in [2.45, 2.75) is 26.3 Å². The highest BCUT2D eigenvalue weighted by molar-refractivity contribution is 6.21. The fourth-order valence-corrected chi connectivity index (χ4v) is 1.43. The van der Waals surface area contributed by atoms with Crippen molar-refractivity contribution in [3.05, 3.63) is 11.3 Å². The quantitative estimate of drug-likeness (QED) is 0.596. The Hall–Kier alpha value is -1.52. The molecule has 0 saturated carbocycles. The number of amidine groups is 1. The lowest BCUT2D eigenvalue weighted by Crippen LogP contribution is -2.25. The van der Waals surface area contributed by atoms with Gasteiger partial charge in [-0.25, -0.2) is 0 Å². The molecule has 0 bridgehead atoms. The van der Waals surface area contributed by atoms with E-state index in [1.807, 2.05) is 13.8 Å². The lowest BCUT2D eigenvalue weighted by molar-refractivity contribution is -0.114. The number of nitrogens with zero attached hydrogens (tertiary/aromatic N) is 1. The third kappa shape index (κ3) is 1.57. The van der Waals surface area contributed by atoms with Crippen LogP contribution in [0.3, 0.4) is 0 Å². The minimum atomic E-state index is -0.727. The van der Waals surface area contributed by atoms with Crippen molar-refractivity contribution in [2.24, 2.45) is 22.4 Å². The highest BCUT2D eigenvalue weighted by Crippen LogP contribution is 2.25. The molecule has 0 radical (unpaired) electrons. The first-order chi connectivity index (χ1) is 6.49. The maximum atomic E-state index is 10.9. The van der Waals surface area contributed by atoms with E-state index >= 15 is 0 Å². The van der Waals surface area contributed by atoms with Crippen LogP contribution in [0, 0.1) is 5.92 Å². The van der Waals surface area contributed by atoms with Gasteiger partial charge in [-0.15, -0.1) is 0 Å². The Morgan fingerprint density at radius 2 is 2.29 bits per heavy atom. The smallest absolute Gasteiger partial charge is 0.255 e. The summed E-state index contributed by atoms with van der Waals surface area (Å²) < 4.78 is 0. The summed E-state index contributed by atoms with van der Waals surface area (Å²) in [5, 5.41) is 9.68. The van der Waals surface area contributed by atoms with Crippen LogP contribution in [-0.4, -0.2) is 22.9 Å². The summed E-state index contributed by atoms with van der Waals surface area (Å²) in [6, 6.07) is -0.414. The van der Waals surface area contributed by atoms with Crippen molar-refractivity contribution in [3.63, 3.8) is 0 Å². The number of amides is 1. The summed E-state index contributed by atoms with van der Waals surface area (Å²) in [5.41, 5.74) is 10.5. The van der Waals surface area contributed by atoms with E-state index in [0.29, 0.717) is 0 Å². The molecule has 78 valence electrons. The molecule has 0 fully saturated rings. The Labute approximate surface area is 82.5 Å². The van der Waals surface area contributed by atoms with E-state index in [1.54, 1.807) is 0 Å². The van der Waals surface area contributed by atoms with Gasteiger partial charge in [0.2, 0.25) is 0 Å². The van der Waals surface area contributed by atoms with E-state index in [2.05, 4.69) is 4.99 Å². The molecule has 0 aliphatic carbocycles. The second kappa shape index (κ2) is 3.69. The SMILES string of the molecule is CC[C@@H](C)[C@@H]1N=C(N)C(C(N)=O)=C1O. The van der Waals surface area contributed by atoms with Gasteiger partial charge in [0, 0.05) is 0 Å². The number of aliphatic hydroxyl groups is 1. The fourth-order valence-electron chi connectivity index (χ4n) is 1.43. The van der Waals surface area contributed by atoms with Crippen LogP contribution in [-0.2, 0) is 4.79 Å². The first-order valence-electron chi connectivity index (χ1n) is 4.55. The molecule has 5 nitrogen and oxygen atoms in total. The number of nitrogens with two attached hydrogens (primary N) is 2. The maximum Gasteiger partial charge on any atom is 0.255 e. The number of primary amides is 1. The molecule has 0 aromatic rings. The number of rotatable bonds is 3. The molecule has 5 heteroatoms. The average Bonchev–Trinajstić information content (AvgIpc) is 2.40. The molecule has 5 N–H and O–H groups in total. The number of hydrogen-bond donors (Lipinski definition) is 3. The molecular formula is C9H15N3O2. The third-order valence-corrected chi connectivity index (χ3v) is 2.50. The Balaban J connectivity index is 3.03. The summed E-state index contributed by atoms with van der Waals surface area (Å²) in [6.45, 7) is 3.91. The van der Waals surface area contributed by atoms with Gasteiger partial charge in [0.05, 0.1) is 0 Å². The summed E-state index contributed by atoms with van der Waals surface area (Å²) in [6.07, 6.45) is 0.845. The molecule has 1 aliphatic rings. The standard InChI is InChI=1S/C9H15N3O2/c1-3-4(2)6-7(13)5(9(11)14)8(10)12-6/h4,6,13H,3H2,1-2H3,(H2,10,12)(H2,11,14)/t4-,6+/m1/s1. The van der Waals surface area contributed by atoms with Crippen molar-refractivity contribution in [1.82, 2.24) is 0 Å². The highest BCUT2D eigenvalue weighted by Gasteiger charge is 2.32. The Morgan fingerprint density at radius 1 is 1.71 bits per heavy atom. The molecular weight excluding hydrogens is 182 g/mol. The fraction of sp³-hybridized carbons (Fsp3) is 0.556. The number of carbonyl (C=O) groups is 1. The van der Waals surface area contributed by atoms with Gasteiger partial charge in [-0.05, 0) is 5.92 Å². The van der Waals surface area contributed by atoms with Crippen LogP contribution in [0.25, 0.3) is 0 Å². The predicted molar refractivity (Wildman–Crippen MR) is 53.7 cm³/mol. The number of hydrogen-bond acceptors (Lipinski definition) is 4. The van der Waals surface area contributed by atoms with Crippen molar-refractivity contribution < 1.29 is 9.90 Å². The monoisotopic (exact) mass is 197 g/mol. The van der Waals surface area contributed by atoms with E-state index in [4.69, 9.17) is 11.5 Å². The molecule has 1 aliphatic heterocycles. The molecule has 1 heterocycles. The Bertz CT molecular complexity index is 320. The zero-order valence-corrected chi connectivity index (χ0v) is 8.32. The normalized spacial score (nSPS) is 23.6. The van der Waals surface area contributed by atoms with Gasteiger partial charge in [0.1, 0.15) is 23.2 Å². The van der Waals surface area contributed by atoms with Crippen LogP contribution in [0.15, 0.2) is 16.3 Å². The van der Waals surface area contributed by atoms with E-state index < -0.39 is 11.9 Å². The lowest BCUT2D eigenvalue weighted by atomic mass is 9.97. The summed E-state index contributed by atoms with van der Waals surface area (Å²) in [4.78, 5) is 14.9. The summed E-state index contributed by atoms with van der Waals surface area (Å²) in [7, 11) is 0. The molecule has 2 atom stereocenters. The summed E-state index contributed by atoms with van der Waals surface area (Å²) >= 11 is 0. The van der Waals surface area contributed by atoms with Gasteiger partial charge < -0.3 is 16.6 Å². The second-order valence-corrected chi connectivity index (χ2v) is 3.47. The van der Waals surface area contributed by atoms with Gasteiger partial charge in [0.15, 0.2) is 0 Å². The van der Waals surface area contributed by atoms with Crippen LogP contribution >= 0.6 is 0 Å². The molecule has 1 rings (SSSR count). The maximum absolute atomic E-state index is 10.9. The first-order valence-corrected chi connectivity index (χ1v) is 4.55. The molecule has 0 spiro atoms. The molecule has 0 aromatic heterocycles. The van der Waals surface area contributed by atoms with Crippen molar-refractivity contribution >= 4 is 11.7 Å². The van der Waals surface area contributed by atoms with Gasteiger partial charge in [0.25, 0.3) is 5.91 Å². The predicted octanol–water partition coefficient (Wildman–Crippen LogP) is 0.0693. The third-order valence-electron chi connectivity index (χ3n) is 2.50. The van der Waals surface area contributed by atoms with Crippen LogP contribution in [0.2, 0.25) is 0 Å². The highest BCUT2D eigenvalue weighted by atomic mass is 16.3. The Kier molecular flexibility index (Phi) is 2.78. The first kappa shape index (κ1) is 10.6. The van der Waals surface area contributed by atoms with Gasteiger partial charge in [-0.2, -0.15) is 0 Å². The topological polar surface area (TPSA) is 102 Å². The average molecular weight is 197 g/mol. The van der Waals surface area contributed by atoms with Crippen LogP contribution in [0.5, 0.6) is 0 Å². The van der Waals surface area contributed by atoms with Crippen molar-refractivity contribution in [3.8, 4) is 0 Å². The van der Waals surface area contributed by atoms with E-state index in [-0.39, 0.29) is 23.1 Å². The number of aliphatic imine (C=N–C) groups is 1. The minimum absolute atomic E-state index is 0.0321. The van der Waals surface area contributed by atoms with E-state index in [1.165, 1.54) is 0 Å². The molecule has 0 saturated heterocycles. The van der Waals surface area contributed by atoms with E-state index in [9.17, 15) is 9.90 Å². The van der Waals surface area contributed by atoms with Gasteiger partial charge in [-0.3, -0.25) is 9.79 Å². The number of aliphatic hydroxyl groups excluding tert-OH is 1. The molecule has 1 amide bonds. The van der Waals surface area contributed by atoms with Crippen molar-refractivity contribution in [1.29, 1.82) is 0 Å². The van der Waals surface area contributed by atoms with E-state index in [0.717, 1.165) is 6.42 Å². The zero-order valence-electron chi connectivity index (χ0n) is 8.32. The molecule has 14 heavy (non-hydrogen) atoms.